The summed E-state index contributed by atoms with van der Waals surface area (Å²) in [6.45, 7) is -0.249. The lowest BCUT2D eigenvalue weighted by Crippen LogP contribution is -2.14. The van der Waals surface area contributed by atoms with Crippen LogP contribution in [0.1, 0.15) is 0 Å². The Bertz CT molecular complexity index is 257. The SMILES string of the molecule is OCC(O)CSc1ncc(Cl)cn1. The van der Waals surface area contributed by atoms with Crippen molar-refractivity contribution in [2.24, 2.45) is 0 Å². The normalized spacial score (nSPS) is 12.8. The number of thioether (sulfide) groups is 1. The van der Waals surface area contributed by atoms with Crippen molar-refractivity contribution >= 4 is 23.4 Å². The fraction of sp³-hybridized carbons (Fsp3) is 0.429. The van der Waals surface area contributed by atoms with Gasteiger partial charge < -0.3 is 10.2 Å². The van der Waals surface area contributed by atoms with E-state index in [1.54, 1.807) is 0 Å². The molecule has 0 saturated carbocycles. The van der Waals surface area contributed by atoms with E-state index in [9.17, 15) is 0 Å². The molecule has 0 aromatic carbocycles. The zero-order chi connectivity index (χ0) is 9.68. The van der Waals surface area contributed by atoms with Gasteiger partial charge in [0.2, 0.25) is 0 Å². The molecule has 0 aliphatic rings. The lowest BCUT2D eigenvalue weighted by atomic mass is 10.4. The molecular formula is C7H9ClN2O2S. The van der Waals surface area contributed by atoms with Gasteiger partial charge in [-0.05, 0) is 0 Å². The molecule has 1 rings (SSSR count). The molecule has 0 aliphatic carbocycles. The van der Waals surface area contributed by atoms with Crippen molar-refractivity contribution in [1.82, 2.24) is 9.97 Å². The summed E-state index contributed by atoms with van der Waals surface area (Å²) < 4.78 is 0. The quantitative estimate of drug-likeness (QED) is 0.574. The van der Waals surface area contributed by atoms with Gasteiger partial charge >= 0.3 is 0 Å². The number of aliphatic hydroxyl groups excluding tert-OH is 2. The zero-order valence-electron chi connectivity index (χ0n) is 6.72. The average Bonchev–Trinajstić information content (AvgIpc) is 2.16. The molecule has 2 N–H and O–H groups in total. The Morgan fingerprint density at radius 2 is 2.08 bits per heavy atom. The molecule has 0 bridgehead atoms. The third kappa shape index (κ3) is 3.91. The molecule has 1 unspecified atom stereocenters. The number of hydrogen-bond acceptors (Lipinski definition) is 5. The highest BCUT2D eigenvalue weighted by Gasteiger charge is 2.04. The van der Waals surface area contributed by atoms with Crippen LogP contribution in [0.15, 0.2) is 17.6 Å². The molecule has 1 heterocycles. The van der Waals surface area contributed by atoms with Crippen molar-refractivity contribution in [1.29, 1.82) is 0 Å². The van der Waals surface area contributed by atoms with Gasteiger partial charge in [0.1, 0.15) is 0 Å². The van der Waals surface area contributed by atoms with Crippen LogP contribution in [0.2, 0.25) is 5.02 Å². The minimum Gasteiger partial charge on any atom is -0.394 e. The van der Waals surface area contributed by atoms with Gasteiger partial charge in [0, 0.05) is 5.75 Å². The summed E-state index contributed by atoms with van der Waals surface area (Å²) in [5, 5.41) is 18.6. The third-order valence-corrected chi connectivity index (χ3v) is 2.43. The van der Waals surface area contributed by atoms with E-state index in [2.05, 4.69) is 9.97 Å². The van der Waals surface area contributed by atoms with Crippen LogP contribution < -0.4 is 0 Å². The first-order valence-corrected chi connectivity index (χ1v) is 4.98. The van der Waals surface area contributed by atoms with Crippen LogP contribution in [0.25, 0.3) is 0 Å². The monoisotopic (exact) mass is 220 g/mol. The van der Waals surface area contributed by atoms with Crippen LogP contribution in [0, 0.1) is 0 Å². The molecule has 0 spiro atoms. The van der Waals surface area contributed by atoms with E-state index >= 15 is 0 Å². The number of halogens is 1. The number of rotatable bonds is 4. The maximum atomic E-state index is 9.02. The van der Waals surface area contributed by atoms with Crippen molar-refractivity contribution in [2.75, 3.05) is 12.4 Å². The Morgan fingerprint density at radius 3 is 2.62 bits per heavy atom. The van der Waals surface area contributed by atoms with Gasteiger partial charge in [-0.1, -0.05) is 23.4 Å². The van der Waals surface area contributed by atoms with Gasteiger partial charge in [0.15, 0.2) is 5.16 Å². The Labute approximate surface area is 85.0 Å². The molecule has 4 nitrogen and oxygen atoms in total. The number of aromatic nitrogens is 2. The molecule has 0 saturated heterocycles. The largest absolute Gasteiger partial charge is 0.394 e. The van der Waals surface area contributed by atoms with Crippen LogP contribution >= 0.6 is 23.4 Å². The summed E-state index contributed by atoms with van der Waals surface area (Å²) in [5.74, 6) is 0.373. The highest BCUT2D eigenvalue weighted by molar-refractivity contribution is 7.99. The second kappa shape index (κ2) is 5.39. The van der Waals surface area contributed by atoms with Crippen molar-refractivity contribution in [2.45, 2.75) is 11.3 Å². The second-order valence-corrected chi connectivity index (χ2v) is 3.75. The first-order chi connectivity index (χ1) is 6.22. The van der Waals surface area contributed by atoms with Crippen LogP contribution in [0.4, 0.5) is 0 Å². The van der Waals surface area contributed by atoms with E-state index in [4.69, 9.17) is 21.8 Å². The lowest BCUT2D eigenvalue weighted by molar-refractivity contribution is 0.113. The van der Waals surface area contributed by atoms with Gasteiger partial charge in [-0.2, -0.15) is 0 Å². The van der Waals surface area contributed by atoms with Crippen LogP contribution in [-0.4, -0.2) is 38.6 Å². The molecule has 6 heteroatoms. The highest BCUT2D eigenvalue weighted by atomic mass is 35.5. The lowest BCUT2D eigenvalue weighted by Gasteiger charge is -2.04. The topological polar surface area (TPSA) is 66.2 Å². The summed E-state index contributed by atoms with van der Waals surface area (Å²) in [4.78, 5) is 7.82. The molecular weight excluding hydrogens is 212 g/mol. The molecule has 0 amide bonds. The van der Waals surface area contributed by atoms with Crippen molar-refractivity contribution in [3.63, 3.8) is 0 Å². The van der Waals surface area contributed by atoms with Crippen LogP contribution in [-0.2, 0) is 0 Å². The third-order valence-electron chi connectivity index (χ3n) is 1.21. The molecule has 13 heavy (non-hydrogen) atoms. The fourth-order valence-electron chi connectivity index (χ4n) is 0.598. The van der Waals surface area contributed by atoms with Gasteiger partial charge in [-0.25, -0.2) is 9.97 Å². The van der Waals surface area contributed by atoms with Crippen molar-refractivity contribution < 1.29 is 10.2 Å². The first-order valence-electron chi connectivity index (χ1n) is 3.61. The van der Waals surface area contributed by atoms with E-state index in [0.29, 0.717) is 15.9 Å². The summed E-state index contributed by atoms with van der Waals surface area (Å²) in [6.07, 6.45) is 2.24. The van der Waals surface area contributed by atoms with Gasteiger partial charge in [0.05, 0.1) is 30.1 Å². The van der Waals surface area contributed by atoms with Crippen molar-refractivity contribution in [3.8, 4) is 0 Å². The van der Waals surface area contributed by atoms with Gasteiger partial charge in [-0.15, -0.1) is 0 Å². The highest BCUT2D eigenvalue weighted by Crippen LogP contribution is 2.14. The van der Waals surface area contributed by atoms with E-state index in [0.717, 1.165) is 0 Å². The van der Waals surface area contributed by atoms with Crippen LogP contribution in [0.5, 0.6) is 0 Å². The van der Waals surface area contributed by atoms with E-state index in [1.807, 2.05) is 0 Å². The molecule has 0 aliphatic heterocycles. The molecule has 0 fully saturated rings. The van der Waals surface area contributed by atoms with Gasteiger partial charge in [-0.3, -0.25) is 0 Å². The van der Waals surface area contributed by atoms with Crippen LogP contribution in [0.3, 0.4) is 0 Å². The molecule has 72 valence electrons. The Hall–Kier alpha value is -0.360. The van der Waals surface area contributed by atoms with E-state index in [-0.39, 0.29) is 6.61 Å². The molecule has 0 radical (unpaired) electrons. The molecule has 1 aromatic heterocycles. The summed E-state index contributed by atoms with van der Waals surface area (Å²) in [7, 11) is 0. The fourth-order valence-corrected chi connectivity index (χ4v) is 1.40. The average molecular weight is 221 g/mol. The Balaban J connectivity index is 2.41. The molecule has 1 aromatic rings. The first kappa shape index (κ1) is 10.7. The predicted molar refractivity (Wildman–Crippen MR) is 50.9 cm³/mol. The standard InChI is InChI=1S/C7H9ClN2O2S/c8-5-1-9-7(10-2-5)13-4-6(12)3-11/h1-2,6,11-12H,3-4H2. The minimum absolute atomic E-state index is 0.249. The Kier molecular flexibility index (Phi) is 4.44. The summed E-state index contributed by atoms with van der Waals surface area (Å²) in [6, 6.07) is 0. The zero-order valence-corrected chi connectivity index (χ0v) is 8.29. The maximum Gasteiger partial charge on any atom is 0.187 e. The minimum atomic E-state index is -0.732. The van der Waals surface area contributed by atoms with E-state index in [1.165, 1.54) is 24.2 Å². The number of nitrogens with zero attached hydrogens (tertiary/aromatic N) is 2. The smallest absolute Gasteiger partial charge is 0.187 e. The predicted octanol–water partition coefficient (Wildman–Crippen LogP) is 0.575. The van der Waals surface area contributed by atoms with Gasteiger partial charge in [0.25, 0.3) is 0 Å². The Morgan fingerprint density at radius 1 is 1.46 bits per heavy atom. The number of hydrogen-bond donors (Lipinski definition) is 2. The van der Waals surface area contributed by atoms with Crippen molar-refractivity contribution in [3.05, 3.63) is 17.4 Å². The maximum absolute atomic E-state index is 9.02. The second-order valence-electron chi connectivity index (χ2n) is 2.33. The summed E-state index contributed by atoms with van der Waals surface area (Å²) >= 11 is 6.85. The summed E-state index contributed by atoms with van der Waals surface area (Å²) in [5.41, 5.74) is 0. The van der Waals surface area contributed by atoms with E-state index < -0.39 is 6.10 Å². The number of aliphatic hydroxyl groups is 2. The molecule has 1 atom stereocenters.